The summed E-state index contributed by atoms with van der Waals surface area (Å²) < 4.78 is 0. The Morgan fingerprint density at radius 2 is 2.00 bits per heavy atom. The fourth-order valence-electron chi connectivity index (χ4n) is 3.69. The second-order valence-electron chi connectivity index (χ2n) is 6.51. The van der Waals surface area contributed by atoms with E-state index in [1.54, 1.807) is 0 Å². The van der Waals surface area contributed by atoms with Crippen molar-refractivity contribution in [2.24, 2.45) is 17.3 Å². The SMILES string of the molecule is CC(C)=C1CC2(C)C(C)CC(O)CC2CC1=O. The van der Waals surface area contributed by atoms with Gasteiger partial charge in [-0.2, -0.15) is 0 Å². The van der Waals surface area contributed by atoms with Crippen LogP contribution < -0.4 is 0 Å². The lowest BCUT2D eigenvalue weighted by Gasteiger charge is -2.51. The molecule has 0 saturated heterocycles. The van der Waals surface area contributed by atoms with Crippen LogP contribution >= 0.6 is 0 Å². The zero-order valence-corrected chi connectivity index (χ0v) is 11.4. The van der Waals surface area contributed by atoms with Crippen molar-refractivity contribution in [3.8, 4) is 0 Å². The molecular weight excluding hydrogens is 212 g/mol. The molecule has 0 amide bonds. The monoisotopic (exact) mass is 236 g/mol. The van der Waals surface area contributed by atoms with E-state index in [1.165, 1.54) is 5.57 Å². The standard InChI is InChI=1S/C15H24O2/c1-9(2)13-8-15(4)10(3)5-12(16)6-11(15)7-14(13)17/h10-12,16H,5-8H2,1-4H3. The van der Waals surface area contributed by atoms with Crippen molar-refractivity contribution in [3.63, 3.8) is 0 Å². The first-order valence-electron chi connectivity index (χ1n) is 6.72. The first-order valence-corrected chi connectivity index (χ1v) is 6.72. The van der Waals surface area contributed by atoms with E-state index in [9.17, 15) is 9.90 Å². The van der Waals surface area contributed by atoms with Gasteiger partial charge in [-0.3, -0.25) is 4.79 Å². The van der Waals surface area contributed by atoms with E-state index in [1.807, 2.05) is 13.8 Å². The molecular formula is C15H24O2. The number of aliphatic hydroxyl groups is 1. The molecule has 2 aliphatic rings. The maximum Gasteiger partial charge on any atom is 0.159 e. The Balaban J connectivity index is 2.32. The number of rotatable bonds is 0. The van der Waals surface area contributed by atoms with Gasteiger partial charge in [0.15, 0.2) is 5.78 Å². The van der Waals surface area contributed by atoms with Crippen molar-refractivity contribution in [2.45, 2.75) is 59.5 Å². The summed E-state index contributed by atoms with van der Waals surface area (Å²) in [6.07, 6.45) is 3.04. The zero-order valence-electron chi connectivity index (χ0n) is 11.4. The van der Waals surface area contributed by atoms with Crippen LogP contribution in [0.5, 0.6) is 0 Å². The van der Waals surface area contributed by atoms with E-state index in [4.69, 9.17) is 0 Å². The molecule has 0 aromatic rings. The van der Waals surface area contributed by atoms with Crippen LogP contribution in [0.1, 0.15) is 53.4 Å². The maximum absolute atomic E-state index is 12.1. The summed E-state index contributed by atoms with van der Waals surface area (Å²) in [6.45, 7) is 8.62. The average molecular weight is 236 g/mol. The lowest BCUT2D eigenvalue weighted by molar-refractivity contribution is -0.124. The molecule has 4 unspecified atom stereocenters. The summed E-state index contributed by atoms with van der Waals surface area (Å²) in [5.74, 6) is 1.18. The molecule has 0 bridgehead atoms. The molecule has 1 N–H and O–H groups in total. The van der Waals surface area contributed by atoms with Gasteiger partial charge in [0.05, 0.1) is 6.10 Å². The lowest BCUT2D eigenvalue weighted by atomic mass is 9.54. The normalized spacial score (nSPS) is 42.3. The Labute approximate surface area is 104 Å². The van der Waals surface area contributed by atoms with E-state index in [0.29, 0.717) is 24.0 Å². The third kappa shape index (κ3) is 2.08. The molecule has 0 spiro atoms. The molecule has 2 aliphatic carbocycles. The van der Waals surface area contributed by atoms with E-state index in [2.05, 4.69) is 13.8 Å². The van der Waals surface area contributed by atoms with Crippen LogP contribution in [-0.4, -0.2) is 17.0 Å². The molecule has 17 heavy (non-hydrogen) atoms. The van der Waals surface area contributed by atoms with Crippen LogP contribution in [0.4, 0.5) is 0 Å². The largest absolute Gasteiger partial charge is 0.393 e. The Kier molecular flexibility index (Phi) is 3.19. The molecule has 0 aromatic heterocycles. The van der Waals surface area contributed by atoms with Crippen molar-refractivity contribution >= 4 is 5.78 Å². The molecule has 2 heteroatoms. The van der Waals surface area contributed by atoms with Gasteiger partial charge in [-0.15, -0.1) is 0 Å². The minimum atomic E-state index is -0.205. The number of allylic oxidation sites excluding steroid dienone is 2. The van der Waals surface area contributed by atoms with Gasteiger partial charge in [-0.1, -0.05) is 19.4 Å². The number of hydrogen-bond donors (Lipinski definition) is 1. The van der Waals surface area contributed by atoms with Crippen molar-refractivity contribution in [1.82, 2.24) is 0 Å². The third-order valence-electron chi connectivity index (χ3n) is 5.17. The smallest absolute Gasteiger partial charge is 0.159 e. The molecule has 0 heterocycles. The van der Waals surface area contributed by atoms with Crippen LogP contribution in [0, 0.1) is 17.3 Å². The minimum Gasteiger partial charge on any atom is -0.393 e. The summed E-state index contributed by atoms with van der Waals surface area (Å²) in [4.78, 5) is 12.1. The fraction of sp³-hybridized carbons (Fsp3) is 0.800. The molecule has 2 rings (SSSR count). The molecule has 96 valence electrons. The van der Waals surface area contributed by atoms with Crippen molar-refractivity contribution in [3.05, 3.63) is 11.1 Å². The quantitative estimate of drug-likeness (QED) is 0.656. The highest BCUT2D eigenvalue weighted by atomic mass is 16.3. The lowest BCUT2D eigenvalue weighted by Crippen LogP contribution is -2.47. The number of ketones is 1. The van der Waals surface area contributed by atoms with E-state index >= 15 is 0 Å². The summed E-state index contributed by atoms with van der Waals surface area (Å²) in [5.41, 5.74) is 2.43. The van der Waals surface area contributed by atoms with E-state index in [0.717, 1.165) is 24.8 Å². The van der Waals surface area contributed by atoms with Crippen molar-refractivity contribution in [2.75, 3.05) is 0 Å². The van der Waals surface area contributed by atoms with Gasteiger partial charge in [0.1, 0.15) is 0 Å². The third-order valence-corrected chi connectivity index (χ3v) is 5.17. The number of aliphatic hydroxyl groups excluding tert-OH is 1. The number of carbonyl (C=O) groups excluding carboxylic acids is 1. The molecule has 2 fully saturated rings. The van der Waals surface area contributed by atoms with Crippen LogP contribution in [0.25, 0.3) is 0 Å². The predicted octanol–water partition coefficient (Wildman–Crippen LogP) is 3.10. The van der Waals surface area contributed by atoms with Crippen LogP contribution in [-0.2, 0) is 4.79 Å². The number of carbonyl (C=O) groups is 1. The Morgan fingerprint density at radius 3 is 2.59 bits per heavy atom. The topological polar surface area (TPSA) is 37.3 Å². The van der Waals surface area contributed by atoms with E-state index in [-0.39, 0.29) is 11.5 Å². The summed E-state index contributed by atoms with van der Waals surface area (Å²) in [5, 5.41) is 9.87. The Hall–Kier alpha value is -0.630. The summed E-state index contributed by atoms with van der Waals surface area (Å²) >= 11 is 0. The Bertz CT molecular complexity index is 365. The number of hydrogen-bond acceptors (Lipinski definition) is 2. The van der Waals surface area contributed by atoms with Crippen LogP contribution in [0.2, 0.25) is 0 Å². The first-order chi connectivity index (χ1) is 7.84. The van der Waals surface area contributed by atoms with Crippen LogP contribution in [0.3, 0.4) is 0 Å². The number of Topliss-reactive ketones (excluding diaryl/α,β-unsaturated/α-hetero) is 1. The first kappa shape index (κ1) is 12.8. The Morgan fingerprint density at radius 1 is 1.35 bits per heavy atom. The van der Waals surface area contributed by atoms with Gasteiger partial charge >= 0.3 is 0 Å². The molecule has 0 radical (unpaired) electrons. The minimum absolute atomic E-state index is 0.205. The van der Waals surface area contributed by atoms with Gasteiger partial charge in [-0.25, -0.2) is 0 Å². The average Bonchev–Trinajstić information content (AvgIpc) is 2.20. The summed E-state index contributed by atoms with van der Waals surface area (Å²) in [6, 6.07) is 0. The second kappa shape index (κ2) is 4.24. The highest BCUT2D eigenvalue weighted by Gasteiger charge is 2.49. The van der Waals surface area contributed by atoms with E-state index < -0.39 is 0 Å². The highest BCUT2D eigenvalue weighted by molar-refractivity contribution is 5.97. The van der Waals surface area contributed by atoms with Crippen molar-refractivity contribution < 1.29 is 9.90 Å². The molecule has 0 aliphatic heterocycles. The second-order valence-corrected chi connectivity index (χ2v) is 6.51. The van der Waals surface area contributed by atoms with Crippen LogP contribution in [0.15, 0.2) is 11.1 Å². The van der Waals surface area contributed by atoms with Gasteiger partial charge in [0.2, 0.25) is 0 Å². The van der Waals surface area contributed by atoms with Gasteiger partial charge < -0.3 is 5.11 Å². The highest BCUT2D eigenvalue weighted by Crippen LogP contribution is 2.53. The predicted molar refractivity (Wildman–Crippen MR) is 68.6 cm³/mol. The maximum atomic E-state index is 12.1. The van der Waals surface area contributed by atoms with Gasteiger partial charge in [-0.05, 0) is 55.9 Å². The van der Waals surface area contributed by atoms with Gasteiger partial charge in [0.25, 0.3) is 0 Å². The number of fused-ring (bicyclic) bond motifs is 1. The van der Waals surface area contributed by atoms with Gasteiger partial charge in [0, 0.05) is 6.42 Å². The molecule has 0 aromatic carbocycles. The molecule has 4 atom stereocenters. The van der Waals surface area contributed by atoms with Crippen molar-refractivity contribution in [1.29, 1.82) is 0 Å². The molecule has 2 nitrogen and oxygen atoms in total. The fourth-order valence-corrected chi connectivity index (χ4v) is 3.69. The summed E-state index contributed by atoms with van der Waals surface area (Å²) in [7, 11) is 0. The zero-order chi connectivity index (χ0) is 12.8. The molecule has 2 saturated carbocycles.